The number of hydroxylamine groups is 2. The monoisotopic (exact) mass is 553 g/mol. The van der Waals surface area contributed by atoms with Gasteiger partial charge in [-0.1, -0.05) is 17.7 Å². The Labute approximate surface area is 223 Å². The molecule has 4 rings (SSSR count). The molecule has 1 aliphatic rings. The quantitative estimate of drug-likeness (QED) is 0.258. The van der Waals surface area contributed by atoms with Crippen LogP contribution in [0.15, 0.2) is 41.2 Å². The number of fused-ring (bicyclic) bond motifs is 1. The van der Waals surface area contributed by atoms with E-state index in [1.165, 1.54) is 22.8 Å². The number of aromatic nitrogens is 2. The third kappa shape index (κ3) is 5.86. The van der Waals surface area contributed by atoms with Crippen molar-refractivity contribution >= 4 is 29.0 Å². The lowest BCUT2D eigenvalue weighted by molar-refractivity contribution is -0.236. The van der Waals surface area contributed by atoms with Crippen LogP contribution in [0.3, 0.4) is 0 Å². The zero-order valence-electron chi connectivity index (χ0n) is 21.7. The van der Waals surface area contributed by atoms with Crippen LogP contribution < -0.4 is 10.4 Å². The molecule has 0 aliphatic heterocycles. The van der Waals surface area contributed by atoms with Gasteiger partial charge in [0.25, 0.3) is 0 Å². The van der Waals surface area contributed by atoms with Gasteiger partial charge >= 0.3 is 11.9 Å². The van der Waals surface area contributed by atoms with Crippen LogP contribution >= 0.6 is 11.6 Å². The number of carbonyl (C=O) groups excluding carboxylic acids is 1. The van der Waals surface area contributed by atoms with E-state index in [2.05, 4.69) is 0 Å². The number of methoxy groups -OCH3 is 1. The Morgan fingerprint density at radius 3 is 2.29 bits per heavy atom. The van der Waals surface area contributed by atoms with Crippen molar-refractivity contribution in [3.05, 3.63) is 63.0 Å². The van der Waals surface area contributed by atoms with Crippen molar-refractivity contribution in [2.45, 2.75) is 76.9 Å². The molecule has 1 aliphatic carbocycles. The van der Waals surface area contributed by atoms with Gasteiger partial charge in [-0.2, -0.15) is 13.2 Å². The number of hydrogen-bond donors (Lipinski definition) is 0. The van der Waals surface area contributed by atoms with Gasteiger partial charge in [-0.25, -0.2) is 9.86 Å². The lowest BCUT2D eigenvalue weighted by Gasteiger charge is -2.37. The summed E-state index contributed by atoms with van der Waals surface area (Å²) in [7, 11) is 1.48. The maximum atomic E-state index is 13.7. The molecule has 11 heteroatoms. The van der Waals surface area contributed by atoms with Gasteiger partial charge in [0.05, 0.1) is 46.9 Å². The maximum absolute atomic E-state index is 13.7. The summed E-state index contributed by atoms with van der Waals surface area (Å²) in [5, 5.41) is 1.68. The average Bonchev–Trinajstić information content (AvgIpc) is 3.12. The molecule has 7 nitrogen and oxygen atoms in total. The van der Waals surface area contributed by atoms with Crippen LogP contribution in [0.5, 0.6) is 5.75 Å². The number of nitrogens with zero attached hydrogens (tertiary/aromatic N) is 3. The molecule has 0 unspecified atom stereocenters. The molecule has 0 spiro atoms. The second-order valence-corrected chi connectivity index (χ2v) is 10.9. The Kier molecular flexibility index (Phi) is 7.86. The largest absolute Gasteiger partial charge is 0.495 e. The van der Waals surface area contributed by atoms with Gasteiger partial charge in [-0.3, -0.25) is 18.8 Å². The topological polar surface area (TPSA) is 65.7 Å². The van der Waals surface area contributed by atoms with Crippen LogP contribution in [-0.2, 0) is 22.4 Å². The molecule has 3 aromatic rings. The van der Waals surface area contributed by atoms with Crippen molar-refractivity contribution in [1.29, 1.82) is 0 Å². The molecular formula is C27H31ClF3N3O4. The smallest absolute Gasteiger partial charge is 0.416 e. The summed E-state index contributed by atoms with van der Waals surface area (Å²) in [6.45, 7) is 5.61. The number of imidazole rings is 1. The van der Waals surface area contributed by atoms with Crippen molar-refractivity contribution in [1.82, 2.24) is 14.2 Å². The predicted octanol–water partition coefficient (Wildman–Crippen LogP) is 6.20. The van der Waals surface area contributed by atoms with Gasteiger partial charge in [0, 0.05) is 6.04 Å². The first kappa shape index (κ1) is 28.0. The number of amides is 1. The molecule has 206 valence electrons. The van der Waals surface area contributed by atoms with Crippen molar-refractivity contribution in [2.24, 2.45) is 0 Å². The molecule has 2 aromatic carbocycles. The van der Waals surface area contributed by atoms with E-state index in [4.69, 9.17) is 21.2 Å². The number of benzene rings is 2. The second-order valence-electron chi connectivity index (χ2n) is 10.5. The standard InChI is InChI=1S/C27H31ClF3N3O4/c1-26(2,3)38-33(16-35)19-7-9-20(10-8-19)34-22-11-6-18(27(29,30)31)14-23(22)32(25(34)36)15-17-5-12-24(37-4)21(28)13-17/h5-6,11-14,16,19-20H,7-10,15H2,1-4H3. The number of alkyl halides is 3. The Morgan fingerprint density at radius 1 is 1.05 bits per heavy atom. The van der Waals surface area contributed by atoms with Crippen molar-refractivity contribution < 1.29 is 27.5 Å². The highest BCUT2D eigenvalue weighted by Gasteiger charge is 2.34. The molecule has 0 N–H and O–H groups in total. The van der Waals surface area contributed by atoms with Gasteiger partial charge in [0.1, 0.15) is 5.75 Å². The van der Waals surface area contributed by atoms with Crippen molar-refractivity contribution in [3.63, 3.8) is 0 Å². The SMILES string of the molecule is COc1ccc(Cn2c(=O)n(C3CCC(N(C=O)OC(C)(C)C)CC3)c3ccc(C(F)(F)F)cc32)cc1Cl. The molecular weight excluding hydrogens is 523 g/mol. The molecule has 1 saturated carbocycles. The van der Waals surface area contributed by atoms with E-state index in [9.17, 15) is 22.8 Å². The average molecular weight is 554 g/mol. The summed E-state index contributed by atoms with van der Waals surface area (Å²) >= 11 is 6.25. The van der Waals surface area contributed by atoms with Crippen LogP contribution in [0, 0.1) is 0 Å². The Balaban J connectivity index is 1.70. The van der Waals surface area contributed by atoms with Crippen LogP contribution in [-0.4, -0.2) is 39.4 Å². The zero-order chi connectivity index (χ0) is 27.8. The third-order valence-electron chi connectivity index (χ3n) is 6.72. The van der Waals surface area contributed by atoms with Crippen LogP contribution in [0.4, 0.5) is 13.2 Å². The predicted molar refractivity (Wildman–Crippen MR) is 138 cm³/mol. The van der Waals surface area contributed by atoms with Crippen LogP contribution in [0.1, 0.15) is 63.6 Å². The molecule has 0 bridgehead atoms. The van der Waals surface area contributed by atoms with Gasteiger partial charge in [0.15, 0.2) is 0 Å². The minimum Gasteiger partial charge on any atom is -0.495 e. The molecule has 38 heavy (non-hydrogen) atoms. The van der Waals surface area contributed by atoms with E-state index in [0.29, 0.717) is 53.9 Å². The first-order chi connectivity index (χ1) is 17.8. The fraction of sp³-hybridized carbons (Fsp3) is 0.481. The number of hydrogen-bond acceptors (Lipinski definition) is 4. The summed E-state index contributed by atoms with van der Waals surface area (Å²) < 4.78 is 48.8. The first-order valence-corrected chi connectivity index (χ1v) is 12.8. The summed E-state index contributed by atoms with van der Waals surface area (Å²) in [6, 6.07) is 8.03. The second kappa shape index (κ2) is 10.6. The van der Waals surface area contributed by atoms with E-state index in [1.54, 1.807) is 22.8 Å². The maximum Gasteiger partial charge on any atom is 0.416 e. The zero-order valence-corrected chi connectivity index (χ0v) is 22.5. The van der Waals surface area contributed by atoms with E-state index in [0.717, 1.165) is 12.1 Å². The summed E-state index contributed by atoms with van der Waals surface area (Å²) in [5.41, 5.74) is -0.475. The van der Waals surface area contributed by atoms with Gasteiger partial charge in [-0.05, 0) is 82.3 Å². The number of ether oxygens (including phenoxy) is 1. The van der Waals surface area contributed by atoms with Gasteiger partial charge < -0.3 is 4.74 Å². The van der Waals surface area contributed by atoms with Gasteiger partial charge in [0.2, 0.25) is 6.41 Å². The van der Waals surface area contributed by atoms with Crippen LogP contribution in [0.2, 0.25) is 5.02 Å². The summed E-state index contributed by atoms with van der Waals surface area (Å²) in [6.07, 6.45) is -1.56. The molecule has 0 atom stereocenters. The number of halogens is 4. The van der Waals surface area contributed by atoms with Crippen LogP contribution in [0.25, 0.3) is 11.0 Å². The van der Waals surface area contributed by atoms with Crippen molar-refractivity contribution in [3.8, 4) is 5.75 Å². The molecule has 1 aromatic heterocycles. The Bertz CT molecular complexity index is 1370. The fourth-order valence-electron chi connectivity index (χ4n) is 5.02. The van der Waals surface area contributed by atoms with Crippen molar-refractivity contribution in [2.75, 3.05) is 7.11 Å². The normalized spacial score (nSPS) is 18.5. The highest BCUT2D eigenvalue weighted by atomic mass is 35.5. The van der Waals surface area contributed by atoms with E-state index < -0.39 is 23.0 Å². The molecule has 0 saturated heterocycles. The number of carbonyl (C=O) groups is 1. The van der Waals surface area contributed by atoms with Gasteiger partial charge in [-0.15, -0.1) is 0 Å². The first-order valence-electron chi connectivity index (χ1n) is 12.4. The van der Waals surface area contributed by atoms with E-state index in [-0.39, 0.29) is 24.1 Å². The molecule has 1 amide bonds. The lowest BCUT2D eigenvalue weighted by atomic mass is 9.90. The fourth-order valence-corrected chi connectivity index (χ4v) is 5.30. The highest BCUT2D eigenvalue weighted by Crippen LogP contribution is 2.36. The number of rotatable bonds is 7. The summed E-state index contributed by atoms with van der Waals surface area (Å²) in [4.78, 5) is 31.1. The molecule has 0 radical (unpaired) electrons. The molecule has 1 fully saturated rings. The minimum atomic E-state index is -4.55. The third-order valence-corrected chi connectivity index (χ3v) is 7.02. The summed E-state index contributed by atoms with van der Waals surface area (Å²) in [5.74, 6) is 0.459. The minimum absolute atomic E-state index is 0.0427. The van der Waals surface area contributed by atoms with E-state index >= 15 is 0 Å². The lowest BCUT2D eigenvalue weighted by Crippen LogP contribution is -2.42. The molecule has 1 heterocycles. The Hall–Kier alpha value is -2.98. The Morgan fingerprint density at radius 2 is 1.74 bits per heavy atom. The highest BCUT2D eigenvalue weighted by molar-refractivity contribution is 6.32. The van der Waals surface area contributed by atoms with E-state index in [1.807, 2.05) is 20.8 Å².